The van der Waals surface area contributed by atoms with Gasteiger partial charge in [0.25, 0.3) is 0 Å². The van der Waals surface area contributed by atoms with Crippen molar-refractivity contribution in [2.24, 2.45) is 29.0 Å². The summed E-state index contributed by atoms with van der Waals surface area (Å²) >= 11 is 0. The highest BCUT2D eigenvalue weighted by Crippen LogP contribution is 2.27. The van der Waals surface area contributed by atoms with E-state index in [1.54, 1.807) is 0 Å². The lowest BCUT2D eigenvalue weighted by atomic mass is 9.82. The van der Waals surface area contributed by atoms with Gasteiger partial charge in [-0.1, -0.05) is 6.42 Å². The number of carbonyl (C=O) groups is 2. The van der Waals surface area contributed by atoms with Crippen molar-refractivity contribution >= 4 is 11.9 Å². The van der Waals surface area contributed by atoms with E-state index < -0.39 is 18.0 Å². The first-order chi connectivity index (χ1) is 9.92. The van der Waals surface area contributed by atoms with E-state index in [0.29, 0.717) is 25.4 Å². The molecule has 0 amide bonds. The van der Waals surface area contributed by atoms with Gasteiger partial charge in [0.1, 0.15) is 6.04 Å². The molecule has 21 heavy (non-hydrogen) atoms. The van der Waals surface area contributed by atoms with Crippen molar-refractivity contribution in [1.29, 1.82) is 0 Å². The van der Waals surface area contributed by atoms with Gasteiger partial charge >= 0.3 is 11.9 Å². The maximum atomic E-state index is 10.5. The lowest BCUT2D eigenvalue weighted by molar-refractivity contribution is -0.143. The second-order valence-corrected chi connectivity index (χ2v) is 5.52. The van der Waals surface area contributed by atoms with Crippen LogP contribution in [0.2, 0.25) is 0 Å². The SMILES string of the molecule is NCC1CCC(C(=O)O)CC1.NCCCCC(N)C(=O)O. The first kappa shape index (κ1) is 19.8. The molecule has 0 bridgehead atoms. The van der Waals surface area contributed by atoms with Crippen LogP contribution in [0.3, 0.4) is 0 Å². The zero-order chi connectivity index (χ0) is 16.3. The molecule has 0 spiro atoms. The second-order valence-electron chi connectivity index (χ2n) is 5.52. The molecule has 0 aromatic rings. The molecule has 1 saturated carbocycles. The zero-order valence-electron chi connectivity index (χ0n) is 12.5. The number of nitrogens with two attached hydrogens (primary N) is 3. The highest BCUT2D eigenvalue weighted by molar-refractivity contribution is 5.72. The smallest absolute Gasteiger partial charge is 0.320 e. The summed E-state index contributed by atoms with van der Waals surface area (Å²) in [5.74, 6) is -1.10. The molecule has 7 heteroatoms. The Labute approximate surface area is 125 Å². The fraction of sp³-hybridized carbons (Fsp3) is 0.857. The van der Waals surface area contributed by atoms with Crippen molar-refractivity contribution in [2.75, 3.05) is 13.1 Å². The summed E-state index contributed by atoms with van der Waals surface area (Å²) in [6.07, 6.45) is 5.78. The average molecular weight is 303 g/mol. The van der Waals surface area contributed by atoms with E-state index in [-0.39, 0.29) is 5.92 Å². The molecule has 0 heterocycles. The van der Waals surface area contributed by atoms with Crippen LogP contribution < -0.4 is 17.2 Å². The number of unbranched alkanes of at least 4 members (excludes halogenated alkanes) is 1. The molecule has 0 aromatic heterocycles. The van der Waals surface area contributed by atoms with Gasteiger partial charge in [-0.2, -0.15) is 0 Å². The number of aliphatic carboxylic acids is 2. The number of rotatable bonds is 7. The first-order valence-electron chi connectivity index (χ1n) is 7.53. The van der Waals surface area contributed by atoms with Crippen LogP contribution in [0.25, 0.3) is 0 Å². The summed E-state index contributed by atoms with van der Waals surface area (Å²) in [6.45, 7) is 1.32. The van der Waals surface area contributed by atoms with Crippen molar-refractivity contribution in [3.05, 3.63) is 0 Å². The van der Waals surface area contributed by atoms with Crippen molar-refractivity contribution < 1.29 is 19.8 Å². The highest BCUT2D eigenvalue weighted by atomic mass is 16.4. The summed E-state index contributed by atoms with van der Waals surface area (Å²) in [5, 5.41) is 17.0. The van der Waals surface area contributed by atoms with Gasteiger partial charge in [-0.25, -0.2) is 0 Å². The molecular weight excluding hydrogens is 274 g/mol. The Bertz CT molecular complexity index is 305. The van der Waals surface area contributed by atoms with E-state index in [9.17, 15) is 9.59 Å². The number of carboxylic acid groups (broad SMARTS) is 2. The molecule has 0 aromatic carbocycles. The van der Waals surface area contributed by atoms with Crippen molar-refractivity contribution in [2.45, 2.75) is 51.0 Å². The zero-order valence-corrected chi connectivity index (χ0v) is 12.5. The van der Waals surface area contributed by atoms with Crippen LogP contribution in [-0.2, 0) is 9.59 Å². The van der Waals surface area contributed by atoms with Crippen LogP contribution >= 0.6 is 0 Å². The third-order valence-electron chi connectivity index (χ3n) is 3.82. The molecule has 1 unspecified atom stereocenters. The van der Waals surface area contributed by atoms with Gasteiger partial charge in [-0.3, -0.25) is 9.59 Å². The lowest BCUT2D eigenvalue weighted by Crippen LogP contribution is -2.29. The molecule has 0 saturated heterocycles. The van der Waals surface area contributed by atoms with Crippen LogP contribution in [0.5, 0.6) is 0 Å². The quantitative estimate of drug-likeness (QED) is 0.426. The Kier molecular flexibility index (Phi) is 10.8. The summed E-state index contributed by atoms with van der Waals surface area (Å²) in [6, 6.07) is -0.716. The molecule has 124 valence electrons. The standard InChI is InChI=1S/C8H15NO2.C6H14N2O2/c9-5-6-1-3-7(4-2-6)8(10)11;7-4-2-1-3-5(8)6(9)10/h6-7H,1-5,9H2,(H,10,11);5H,1-4,7-8H2,(H,9,10). The van der Waals surface area contributed by atoms with Gasteiger partial charge in [0.2, 0.25) is 0 Å². The first-order valence-corrected chi connectivity index (χ1v) is 7.53. The molecule has 8 N–H and O–H groups in total. The minimum Gasteiger partial charge on any atom is -0.481 e. The average Bonchev–Trinajstić information content (AvgIpc) is 2.48. The van der Waals surface area contributed by atoms with Crippen LogP contribution in [0, 0.1) is 11.8 Å². The second kappa shape index (κ2) is 11.5. The Morgan fingerprint density at radius 1 is 1.05 bits per heavy atom. The third-order valence-corrected chi connectivity index (χ3v) is 3.82. The predicted octanol–water partition coefficient (Wildman–Crippen LogP) is 0.363. The Hall–Kier alpha value is -1.18. The van der Waals surface area contributed by atoms with E-state index >= 15 is 0 Å². The number of hydrogen-bond acceptors (Lipinski definition) is 5. The fourth-order valence-corrected chi connectivity index (χ4v) is 2.28. The number of hydrogen-bond donors (Lipinski definition) is 5. The van der Waals surface area contributed by atoms with Gasteiger partial charge in [-0.15, -0.1) is 0 Å². The fourth-order valence-electron chi connectivity index (χ4n) is 2.28. The van der Waals surface area contributed by atoms with Gasteiger partial charge < -0.3 is 27.4 Å². The molecule has 0 radical (unpaired) electrons. The normalized spacial score (nSPS) is 22.8. The summed E-state index contributed by atoms with van der Waals surface area (Å²) in [5.41, 5.74) is 15.9. The van der Waals surface area contributed by atoms with E-state index in [1.165, 1.54) is 0 Å². The van der Waals surface area contributed by atoms with Crippen molar-refractivity contribution in [3.8, 4) is 0 Å². The molecular formula is C14H29N3O4. The van der Waals surface area contributed by atoms with E-state index in [1.807, 2.05) is 0 Å². The predicted molar refractivity (Wildman–Crippen MR) is 80.7 cm³/mol. The summed E-state index contributed by atoms with van der Waals surface area (Å²) in [4.78, 5) is 20.7. The summed E-state index contributed by atoms with van der Waals surface area (Å²) in [7, 11) is 0. The monoisotopic (exact) mass is 303 g/mol. The molecule has 7 nitrogen and oxygen atoms in total. The van der Waals surface area contributed by atoms with Crippen LogP contribution in [0.1, 0.15) is 44.9 Å². The molecule has 1 fully saturated rings. The third kappa shape index (κ3) is 9.38. The number of carboxylic acids is 2. The van der Waals surface area contributed by atoms with Gasteiger partial charge in [-0.05, 0) is 57.5 Å². The topological polar surface area (TPSA) is 153 Å². The maximum absolute atomic E-state index is 10.5. The van der Waals surface area contributed by atoms with Gasteiger partial charge in [0, 0.05) is 0 Å². The van der Waals surface area contributed by atoms with E-state index in [4.69, 9.17) is 27.4 Å². The van der Waals surface area contributed by atoms with E-state index in [0.717, 1.165) is 38.5 Å². The largest absolute Gasteiger partial charge is 0.481 e. The minimum atomic E-state index is -0.933. The van der Waals surface area contributed by atoms with Crippen LogP contribution in [0.4, 0.5) is 0 Å². The Balaban J connectivity index is 0.000000384. The molecule has 1 aliphatic carbocycles. The van der Waals surface area contributed by atoms with Crippen LogP contribution in [-0.4, -0.2) is 41.3 Å². The molecule has 1 atom stereocenters. The molecule has 0 aliphatic heterocycles. The maximum Gasteiger partial charge on any atom is 0.320 e. The minimum absolute atomic E-state index is 0.0993. The summed E-state index contributed by atoms with van der Waals surface area (Å²) < 4.78 is 0. The van der Waals surface area contributed by atoms with Crippen molar-refractivity contribution in [1.82, 2.24) is 0 Å². The van der Waals surface area contributed by atoms with Gasteiger partial charge in [0.05, 0.1) is 5.92 Å². The van der Waals surface area contributed by atoms with E-state index in [2.05, 4.69) is 0 Å². The Morgan fingerprint density at radius 2 is 1.62 bits per heavy atom. The molecule has 1 aliphatic rings. The van der Waals surface area contributed by atoms with Gasteiger partial charge in [0.15, 0.2) is 0 Å². The van der Waals surface area contributed by atoms with Crippen molar-refractivity contribution in [3.63, 3.8) is 0 Å². The Morgan fingerprint density at radius 3 is 2.00 bits per heavy atom. The molecule has 1 rings (SSSR count). The lowest BCUT2D eigenvalue weighted by Gasteiger charge is -2.24. The van der Waals surface area contributed by atoms with Crippen LogP contribution in [0.15, 0.2) is 0 Å². The highest BCUT2D eigenvalue weighted by Gasteiger charge is 2.24.